The number of benzene rings is 1. The highest BCUT2D eigenvalue weighted by Crippen LogP contribution is 2.25. The van der Waals surface area contributed by atoms with E-state index >= 15 is 0 Å². The Hall–Kier alpha value is -1.42. The summed E-state index contributed by atoms with van der Waals surface area (Å²) in [4.78, 5) is 5.26. The van der Waals surface area contributed by atoms with Crippen molar-refractivity contribution in [2.24, 2.45) is 5.73 Å². The molecule has 0 bridgehead atoms. The molecule has 0 fully saturated rings. The number of nitrogens with two attached hydrogens (primary N) is 1. The van der Waals surface area contributed by atoms with Gasteiger partial charge >= 0.3 is 0 Å². The van der Waals surface area contributed by atoms with E-state index in [-0.39, 0.29) is 0 Å². The van der Waals surface area contributed by atoms with Gasteiger partial charge in [-0.15, -0.1) is 0 Å². The van der Waals surface area contributed by atoms with Crippen LogP contribution in [0.1, 0.15) is 38.6 Å². The first-order valence-electron chi connectivity index (χ1n) is 6.41. The van der Waals surface area contributed by atoms with Gasteiger partial charge in [0.1, 0.15) is 5.82 Å². The van der Waals surface area contributed by atoms with Crippen molar-refractivity contribution in [1.82, 2.24) is 9.55 Å². The average molecular weight is 261 g/mol. The molecule has 1 aromatic carbocycles. The number of aromatic nitrogens is 2. The molecule has 0 radical (unpaired) electrons. The normalized spacial score (nSPS) is 12.8. The van der Waals surface area contributed by atoms with Gasteiger partial charge in [0.25, 0.3) is 0 Å². The minimum Gasteiger partial charge on any atom is -0.393 e. The van der Waals surface area contributed by atoms with E-state index in [1.54, 1.807) is 0 Å². The number of nitrogens with zero attached hydrogens (tertiary/aromatic N) is 2. The molecule has 3 nitrogen and oxygen atoms in total. The minimum atomic E-state index is 0.310. The van der Waals surface area contributed by atoms with E-state index in [4.69, 9.17) is 18.0 Å². The molecular weight excluding hydrogens is 242 g/mol. The van der Waals surface area contributed by atoms with E-state index < -0.39 is 0 Å². The third kappa shape index (κ3) is 2.38. The zero-order valence-corrected chi connectivity index (χ0v) is 11.7. The molecule has 2 aromatic rings. The predicted octanol–water partition coefficient (Wildman–Crippen LogP) is 3.23. The first kappa shape index (κ1) is 13.0. The lowest BCUT2D eigenvalue weighted by Gasteiger charge is -2.19. The number of hydrogen-bond acceptors (Lipinski definition) is 2. The Labute approximate surface area is 113 Å². The second-order valence-corrected chi connectivity index (χ2v) is 5.00. The van der Waals surface area contributed by atoms with Crippen LogP contribution < -0.4 is 5.73 Å². The first-order valence-corrected chi connectivity index (χ1v) is 6.82. The van der Waals surface area contributed by atoms with E-state index in [1.165, 1.54) is 5.52 Å². The molecule has 0 aliphatic rings. The Morgan fingerprint density at radius 2 is 2.11 bits per heavy atom. The summed E-state index contributed by atoms with van der Waals surface area (Å²) in [6.45, 7) is 4.29. The van der Waals surface area contributed by atoms with Crippen molar-refractivity contribution in [3.05, 3.63) is 30.1 Å². The number of imidazole rings is 1. The smallest absolute Gasteiger partial charge is 0.109 e. The molecule has 1 aromatic heterocycles. The lowest BCUT2D eigenvalue weighted by atomic mass is 10.1. The van der Waals surface area contributed by atoms with Gasteiger partial charge in [-0.1, -0.05) is 38.2 Å². The van der Waals surface area contributed by atoms with Crippen LogP contribution in [-0.4, -0.2) is 14.5 Å². The number of fused-ring (bicyclic) bond motifs is 1. The molecule has 1 atom stereocenters. The van der Waals surface area contributed by atoms with Gasteiger partial charge in [-0.2, -0.15) is 0 Å². The predicted molar refractivity (Wildman–Crippen MR) is 79.8 cm³/mol. The van der Waals surface area contributed by atoms with Gasteiger partial charge in [0.15, 0.2) is 0 Å². The Morgan fingerprint density at radius 3 is 2.72 bits per heavy atom. The Kier molecular flexibility index (Phi) is 3.97. The summed E-state index contributed by atoms with van der Waals surface area (Å²) in [7, 11) is 0. The summed E-state index contributed by atoms with van der Waals surface area (Å²) < 4.78 is 2.30. The van der Waals surface area contributed by atoms with Crippen LogP contribution in [0.3, 0.4) is 0 Å². The molecule has 0 saturated heterocycles. The zero-order chi connectivity index (χ0) is 13.1. The van der Waals surface area contributed by atoms with Crippen LogP contribution >= 0.6 is 12.2 Å². The van der Waals surface area contributed by atoms with E-state index in [0.29, 0.717) is 11.0 Å². The van der Waals surface area contributed by atoms with Crippen LogP contribution in [0.5, 0.6) is 0 Å². The maximum atomic E-state index is 5.71. The van der Waals surface area contributed by atoms with Crippen LogP contribution in [0.2, 0.25) is 0 Å². The largest absolute Gasteiger partial charge is 0.393 e. The van der Waals surface area contributed by atoms with Crippen LogP contribution in [0.25, 0.3) is 11.0 Å². The first-order chi connectivity index (χ1) is 8.67. The third-order valence-electron chi connectivity index (χ3n) is 3.26. The second-order valence-electron chi connectivity index (χ2n) is 4.47. The summed E-state index contributed by atoms with van der Waals surface area (Å²) >= 11 is 5.06. The molecular formula is C14H19N3S. The Bertz CT molecular complexity index is 559. The molecule has 18 heavy (non-hydrogen) atoms. The zero-order valence-electron chi connectivity index (χ0n) is 10.9. The molecule has 0 aliphatic heterocycles. The van der Waals surface area contributed by atoms with Crippen LogP contribution in [0.15, 0.2) is 24.3 Å². The van der Waals surface area contributed by atoms with E-state index in [2.05, 4.69) is 35.5 Å². The summed E-state index contributed by atoms with van der Waals surface area (Å²) in [5, 5.41) is 0. The molecule has 0 spiro atoms. The van der Waals surface area contributed by atoms with Crippen LogP contribution in [0.4, 0.5) is 0 Å². The fourth-order valence-corrected chi connectivity index (χ4v) is 2.59. The van der Waals surface area contributed by atoms with Gasteiger partial charge in [0.05, 0.1) is 16.0 Å². The van der Waals surface area contributed by atoms with E-state index in [0.717, 1.165) is 30.6 Å². The molecule has 2 N–H and O–H groups in total. The van der Waals surface area contributed by atoms with Gasteiger partial charge in [-0.3, -0.25) is 0 Å². The lowest BCUT2D eigenvalue weighted by Crippen LogP contribution is -2.19. The number of para-hydroxylation sites is 2. The number of hydrogen-bond donors (Lipinski definition) is 1. The minimum absolute atomic E-state index is 0.310. The highest BCUT2D eigenvalue weighted by atomic mass is 32.1. The molecule has 96 valence electrons. The quantitative estimate of drug-likeness (QED) is 0.840. The third-order valence-corrected chi connectivity index (χ3v) is 3.42. The Balaban J connectivity index is 2.55. The van der Waals surface area contributed by atoms with E-state index in [9.17, 15) is 0 Å². The van der Waals surface area contributed by atoms with Gasteiger partial charge in [-0.25, -0.2) is 4.98 Å². The maximum Gasteiger partial charge on any atom is 0.109 e. The van der Waals surface area contributed by atoms with Crippen LogP contribution in [0, 0.1) is 0 Å². The van der Waals surface area contributed by atoms with Crippen molar-refractivity contribution in [3.8, 4) is 0 Å². The standard InChI is InChI=1S/C14H19N3S/c1-3-10(9-13(15)18)17-12-8-6-5-7-11(12)16-14(17)4-2/h5-8,10H,3-4,9H2,1-2H3,(H2,15,18). The van der Waals surface area contributed by atoms with Crippen molar-refractivity contribution in [1.29, 1.82) is 0 Å². The summed E-state index contributed by atoms with van der Waals surface area (Å²) in [5.74, 6) is 1.11. The van der Waals surface area contributed by atoms with Crippen molar-refractivity contribution in [2.45, 2.75) is 39.2 Å². The SMILES string of the molecule is CCc1nc2ccccc2n1C(CC)CC(N)=S. The summed E-state index contributed by atoms with van der Waals surface area (Å²) in [5.41, 5.74) is 7.94. The second kappa shape index (κ2) is 5.48. The molecule has 2 rings (SSSR count). The van der Waals surface area contributed by atoms with E-state index in [1.807, 2.05) is 12.1 Å². The molecule has 1 unspecified atom stereocenters. The maximum absolute atomic E-state index is 5.71. The molecule has 0 aliphatic carbocycles. The highest BCUT2D eigenvalue weighted by molar-refractivity contribution is 7.80. The topological polar surface area (TPSA) is 43.8 Å². The summed E-state index contributed by atoms with van der Waals surface area (Å²) in [6, 6.07) is 8.55. The van der Waals surface area contributed by atoms with Crippen molar-refractivity contribution >= 4 is 28.2 Å². The summed E-state index contributed by atoms with van der Waals surface area (Å²) in [6.07, 6.45) is 2.66. The monoisotopic (exact) mass is 261 g/mol. The lowest BCUT2D eigenvalue weighted by molar-refractivity contribution is 0.498. The van der Waals surface area contributed by atoms with Crippen molar-refractivity contribution < 1.29 is 0 Å². The van der Waals surface area contributed by atoms with Gasteiger partial charge in [0.2, 0.25) is 0 Å². The van der Waals surface area contributed by atoms with Gasteiger partial charge < -0.3 is 10.3 Å². The van der Waals surface area contributed by atoms with Gasteiger partial charge in [0, 0.05) is 18.9 Å². The van der Waals surface area contributed by atoms with Crippen molar-refractivity contribution in [2.75, 3.05) is 0 Å². The molecule has 1 heterocycles. The fraction of sp³-hybridized carbons (Fsp3) is 0.429. The number of aryl methyl sites for hydroxylation is 1. The number of rotatable bonds is 5. The molecule has 4 heteroatoms. The van der Waals surface area contributed by atoms with Crippen LogP contribution in [-0.2, 0) is 6.42 Å². The average Bonchev–Trinajstić information content (AvgIpc) is 2.74. The molecule has 0 amide bonds. The van der Waals surface area contributed by atoms with Crippen molar-refractivity contribution in [3.63, 3.8) is 0 Å². The van der Waals surface area contributed by atoms with Gasteiger partial charge in [-0.05, 0) is 18.6 Å². The fourth-order valence-electron chi connectivity index (χ4n) is 2.40. The highest BCUT2D eigenvalue weighted by Gasteiger charge is 2.17. The Morgan fingerprint density at radius 1 is 1.39 bits per heavy atom. The molecule has 0 saturated carbocycles. The number of thiocarbonyl (C=S) groups is 1.